The van der Waals surface area contributed by atoms with E-state index in [1.54, 1.807) is 11.3 Å². The van der Waals surface area contributed by atoms with Crippen molar-refractivity contribution < 1.29 is 8.42 Å². The molecule has 2 heterocycles. The Hall–Kier alpha value is -0.420. The third-order valence-corrected chi connectivity index (χ3v) is 5.72. The molecule has 3 nitrogen and oxygen atoms in total. The molecule has 1 aromatic rings. The summed E-state index contributed by atoms with van der Waals surface area (Å²) in [7, 11) is -2.82. The molecule has 0 unspecified atom stereocenters. The van der Waals surface area contributed by atoms with Crippen LogP contribution in [-0.4, -0.2) is 19.2 Å². The zero-order valence-electron chi connectivity index (χ0n) is 7.69. The van der Waals surface area contributed by atoms with Crippen molar-refractivity contribution in [2.24, 2.45) is 0 Å². The largest absolute Gasteiger partial charge is 0.246 e. The number of fused-ring (bicyclic) bond motifs is 1. The number of thiazole rings is 1. The van der Waals surface area contributed by atoms with Gasteiger partial charge in [-0.25, -0.2) is 13.4 Å². The SMILES string of the molecule is O=S1(=O)CCc2nc(C3CC3)sc2C1. The van der Waals surface area contributed by atoms with Crippen LogP contribution < -0.4 is 0 Å². The van der Waals surface area contributed by atoms with Crippen LogP contribution in [0.4, 0.5) is 0 Å². The van der Waals surface area contributed by atoms with E-state index < -0.39 is 9.84 Å². The Morgan fingerprint density at radius 2 is 2.14 bits per heavy atom. The summed E-state index contributed by atoms with van der Waals surface area (Å²) in [6.07, 6.45) is 3.10. The van der Waals surface area contributed by atoms with Crippen LogP contribution in [0.2, 0.25) is 0 Å². The van der Waals surface area contributed by atoms with Crippen LogP contribution in [0.15, 0.2) is 0 Å². The average molecular weight is 229 g/mol. The van der Waals surface area contributed by atoms with Gasteiger partial charge in [0.2, 0.25) is 0 Å². The second-order valence-corrected chi connectivity index (χ2v) is 7.34. The van der Waals surface area contributed by atoms with Crippen molar-refractivity contribution in [3.63, 3.8) is 0 Å². The van der Waals surface area contributed by atoms with E-state index in [1.807, 2.05) is 0 Å². The van der Waals surface area contributed by atoms with E-state index >= 15 is 0 Å². The molecule has 0 saturated heterocycles. The number of hydrogen-bond acceptors (Lipinski definition) is 4. The molecule has 0 N–H and O–H groups in total. The van der Waals surface area contributed by atoms with Crippen molar-refractivity contribution in [2.75, 3.05) is 5.75 Å². The van der Waals surface area contributed by atoms with Crippen LogP contribution in [0.3, 0.4) is 0 Å². The molecule has 76 valence electrons. The standard InChI is InChI=1S/C9H11NO2S2/c11-14(12)4-3-7-8(5-14)13-9(10-7)6-1-2-6/h6H,1-5H2. The van der Waals surface area contributed by atoms with Gasteiger partial charge in [-0.1, -0.05) is 0 Å². The Labute approximate surface area is 87.1 Å². The molecule has 14 heavy (non-hydrogen) atoms. The maximum absolute atomic E-state index is 11.4. The summed E-state index contributed by atoms with van der Waals surface area (Å²) in [5.74, 6) is 1.16. The maximum Gasteiger partial charge on any atom is 0.155 e. The molecule has 1 aliphatic carbocycles. The average Bonchev–Trinajstić information content (AvgIpc) is 2.86. The number of rotatable bonds is 1. The van der Waals surface area contributed by atoms with Gasteiger partial charge in [0.15, 0.2) is 9.84 Å². The molecule has 1 fully saturated rings. The molecule has 0 amide bonds. The zero-order valence-corrected chi connectivity index (χ0v) is 9.33. The first-order valence-electron chi connectivity index (χ1n) is 4.83. The first-order valence-corrected chi connectivity index (χ1v) is 7.47. The van der Waals surface area contributed by atoms with Gasteiger partial charge in [-0.15, -0.1) is 11.3 Å². The number of sulfone groups is 1. The predicted molar refractivity (Wildman–Crippen MR) is 55.3 cm³/mol. The molecule has 2 aliphatic rings. The van der Waals surface area contributed by atoms with Crippen LogP contribution in [0.25, 0.3) is 0 Å². The van der Waals surface area contributed by atoms with Crippen LogP contribution in [0.1, 0.15) is 34.3 Å². The highest BCUT2D eigenvalue weighted by Crippen LogP contribution is 2.43. The molecular formula is C9H11NO2S2. The number of aryl methyl sites for hydroxylation is 1. The molecule has 0 bridgehead atoms. The minimum absolute atomic E-state index is 0.229. The van der Waals surface area contributed by atoms with Crippen molar-refractivity contribution in [1.82, 2.24) is 4.98 Å². The van der Waals surface area contributed by atoms with Crippen LogP contribution in [0.5, 0.6) is 0 Å². The Balaban J connectivity index is 2.00. The topological polar surface area (TPSA) is 47.0 Å². The van der Waals surface area contributed by atoms with Gasteiger partial charge in [-0.05, 0) is 12.8 Å². The molecule has 0 atom stereocenters. The van der Waals surface area contributed by atoms with E-state index in [1.165, 1.54) is 17.8 Å². The second-order valence-electron chi connectivity index (χ2n) is 4.04. The van der Waals surface area contributed by atoms with E-state index in [0.717, 1.165) is 10.6 Å². The summed E-state index contributed by atoms with van der Waals surface area (Å²) in [6.45, 7) is 0. The van der Waals surface area contributed by atoms with Gasteiger partial charge in [-0.2, -0.15) is 0 Å². The van der Waals surface area contributed by atoms with Crippen LogP contribution >= 0.6 is 11.3 Å². The van der Waals surface area contributed by atoms with E-state index in [0.29, 0.717) is 12.3 Å². The van der Waals surface area contributed by atoms with Gasteiger partial charge < -0.3 is 0 Å². The first kappa shape index (κ1) is 8.85. The summed E-state index contributed by atoms with van der Waals surface area (Å²) in [5.41, 5.74) is 1.05. The Kier molecular flexibility index (Phi) is 1.77. The third-order valence-electron chi connectivity index (χ3n) is 2.72. The fourth-order valence-electron chi connectivity index (χ4n) is 1.74. The Morgan fingerprint density at radius 3 is 2.86 bits per heavy atom. The lowest BCUT2D eigenvalue weighted by molar-refractivity contribution is 0.591. The molecule has 0 aromatic carbocycles. The van der Waals surface area contributed by atoms with E-state index in [2.05, 4.69) is 4.98 Å². The molecule has 0 radical (unpaired) electrons. The summed E-state index contributed by atoms with van der Waals surface area (Å²) in [6, 6.07) is 0. The van der Waals surface area contributed by atoms with Crippen molar-refractivity contribution in [3.05, 3.63) is 15.6 Å². The van der Waals surface area contributed by atoms with E-state index in [-0.39, 0.29) is 11.5 Å². The predicted octanol–water partition coefficient (Wildman–Crippen LogP) is 1.49. The van der Waals surface area contributed by atoms with Gasteiger partial charge in [0.05, 0.1) is 22.2 Å². The van der Waals surface area contributed by atoms with Crippen molar-refractivity contribution in [2.45, 2.75) is 30.9 Å². The van der Waals surface area contributed by atoms with Crippen LogP contribution in [-0.2, 0) is 22.0 Å². The van der Waals surface area contributed by atoms with Gasteiger partial charge in [0, 0.05) is 17.2 Å². The van der Waals surface area contributed by atoms with Crippen molar-refractivity contribution >= 4 is 21.2 Å². The summed E-state index contributed by atoms with van der Waals surface area (Å²) < 4.78 is 22.8. The molecule has 1 saturated carbocycles. The maximum atomic E-state index is 11.4. The van der Waals surface area contributed by atoms with Gasteiger partial charge >= 0.3 is 0 Å². The van der Waals surface area contributed by atoms with Crippen molar-refractivity contribution in [3.8, 4) is 0 Å². The minimum atomic E-state index is -2.82. The molecule has 1 aliphatic heterocycles. The monoisotopic (exact) mass is 229 g/mol. The first-order chi connectivity index (χ1) is 6.64. The number of nitrogens with zero attached hydrogens (tertiary/aromatic N) is 1. The molecule has 0 spiro atoms. The highest BCUT2D eigenvalue weighted by Gasteiger charge is 2.31. The third kappa shape index (κ3) is 1.48. The van der Waals surface area contributed by atoms with Crippen LogP contribution in [0, 0.1) is 0 Å². The highest BCUT2D eigenvalue weighted by atomic mass is 32.2. The summed E-state index contributed by atoms with van der Waals surface area (Å²) in [5, 5.41) is 1.17. The lowest BCUT2D eigenvalue weighted by Gasteiger charge is -2.09. The number of aromatic nitrogens is 1. The molecule has 5 heteroatoms. The van der Waals surface area contributed by atoms with Gasteiger partial charge in [0.25, 0.3) is 0 Å². The molecular weight excluding hydrogens is 218 g/mol. The Bertz CT molecular complexity index is 471. The second kappa shape index (κ2) is 2.79. The summed E-state index contributed by atoms with van der Waals surface area (Å²) >= 11 is 1.62. The fourth-order valence-corrected chi connectivity index (χ4v) is 4.81. The van der Waals surface area contributed by atoms with E-state index in [4.69, 9.17) is 0 Å². The quantitative estimate of drug-likeness (QED) is 0.733. The lowest BCUT2D eigenvalue weighted by atomic mass is 10.3. The van der Waals surface area contributed by atoms with Crippen molar-refractivity contribution in [1.29, 1.82) is 0 Å². The molecule has 3 rings (SSSR count). The Morgan fingerprint density at radius 1 is 1.36 bits per heavy atom. The zero-order chi connectivity index (χ0) is 9.76. The van der Waals surface area contributed by atoms with E-state index in [9.17, 15) is 8.42 Å². The fraction of sp³-hybridized carbons (Fsp3) is 0.667. The smallest absolute Gasteiger partial charge is 0.155 e. The number of hydrogen-bond donors (Lipinski definition) is 0. The lowest BCUT2D eigenvalue weighted by Crippen LogP contribution is -2.17. The molecule has 1 aromatic heterocycles. The minimum Gasteiger partial charge on any atom is -0.246 e. The highest BCUT2D eigenvalue weighted by molar-refractivity contribution is 7.90. The van der Waals surface area contributed by atoms with Gasteiger partial charge in [0.1, 0.15) is 0 Å². The normalized spacial score (nSPS) is 24.6. The summed E-state index contributed by atoms with van der Waals surface area (Å²) in [4.78, 5) is 5.53. The van der Waals surface area contributed by atoms with Gasteiger partial charge in [-0.3, -0.25) is 0 Å².